The van der Waals surface area contributed by atoms with Gasteiger partial charge in [0, 0.05) is 26.6 Å². The van der Waals surface area contributed by atoms with E-state index in [1.165, 1.54) is 5.57 Å². The topological polar surface area (TPSA) is 61.4 Å². The number of carbonyl (C=O) groups excluding carboxylic acids is 2. The zero-order valence-corrected chi connectivity index (χ0v) is 14.1. The number of amides is 2. The van der Waals surface area contributed by atoms with Crippen molar-refractivity contribution >= 4 is 11.8 Å². The van der Waals surface area contributed by atoms with Crippen LogP contribution < -0.4 is 10.6 Å². The summed E-state index contributed by atoms with van der Waals surface area (Å²) in [6.07, 6.45) is 4.17. The van der Waals surface area contributed by atoms with Crippen LogP contribution in [0.5, 0.6) is 0 Å². The second-order valence-electron chi connectivity index (χ2n) is 6.54. The number of benzene rings is 1. The van der Waals surface area contributed by atoms with Crippen LogP contribution in [-0.4, -0.2) is 43.4 Å². The van der Waals surface area contributed by atoms with E-state index in [0.29, 0.717) is 19.4 Å². The second kappa shape index (κ2) is 7.62. The molecule has 2 amide bonds. The first-order valence-electron chi connectivity index (χ1n) is 8.64. The van der Waals surface area contributed by atoms with Crippen molar-refractivity contribution in [2.24, 2.45) is 5.92 Å². The lowest BCUT2D eigenvalue weighted by Crippen LogP contribution is -2.46. The van der Waals surface area contributed by atoms with Crippen LogP contribution in [0.25, 0.3) is 0 Å². The van der Waals surface area contributed by atoms with Crippen LogP contribution in [0.1, 0.15) is 30.9 Å². The molecule has 128 valence electrons. The molecule has 0 bridgehead atoms. The number of hydrogen-bond donors (Lipinski definition) is 2. The molecule has 3 rings (SSSR count). The van der Waals surface area contributed by atoms with E-state index in [4.69, 9.17) is 0 Å². The molecule has 2 heterocycles. The van der Waals surface area contributed by atoms with Crippen molar-refractivity contribution in [3.05, 3.63) is 47.5 Å². The summed E-state index contributed by atoms with van der Waals surface area (Å²) in [6, 6.07) is 9.67. The van der Waals surface area contributed by atoms with E-state index in [2.05, 4.69) is 16.7 Å². The maximum absolute atomic E-state index is 12.8. The summed E-state index contributed by atoms with van der Waals surface area (Å²) in [6.45, 7) is 2.45. The van der Waals surface area contributed by atoms with E-state index >= 15 is 0 Å². The Bertz CT molecular complexity index is 627. The Balaban J connectivity index is 1.72. The van der Waals surface area contributed by atoms with Crippen LogP contribution in [0.2, 0.25) is 0 Å². The first-order valence-corrected chi connectivity index (χ1v) is 8.64. The SMILES string of the molecule is CN1C(=O)CCC(C(=O)NCC2=CCNCC2)C1c1ccccc1. The lowest BCUT2D eigenvalue weighted by atomic mass is 9.84. The average Bonchev–Trinajstić information content (AvgIpc) is 2.63. The highest BCUT2D eigenvalue weighted by atomic mass is 16.2. The van der Waals surface area contributed by atoms with Gasteiger partial charge in [-0.25, -0.2) is 0 Å². The van der Waals surface area contributed by atoms with Gasteiger partial charge >= 0.3 is 0 Å². The fraction of sp³-hybridized carbons (Fsp3) is 0.474. The lowest BCUT2D eigenvalue weighted by molar-refractivity contribution is -0.141. The van der Waals surface area contributed by atoms with Crippen molar-refractivity contribution in [2.75, 3.05) is 26.7 Å². The van der Waals surface area contributed by atoms with Crippen LogP contribution in [0.4, 0.5) is 0 Å². The molecule has 1 aromatic rings. The van der Waals surface area contributed by atoms with Gasteiger partial charge in [-0.15, -0.1) is 0 Å². The minimum atomic E-state index is -0.197. The number of likely N-dealkylation sites (tertiary alicyclic amines) is 1. The summed E-state index contributed by atoms with van der Waals surface area (Å²) in [5, 5.41) is 6.36. The summed E-state index contributed by atoms with van der Waals surface area (Å²) in [5.41, 5.74) is 2.30. The van der Waals surface area contributed by atoms with Crippen LogP contribution in [0.3, 0.4) is 0 Å². The van der Waals surface area contributed by atoms with E-state index in [1.54, 1.807) is 11.9 Å². The quantitative estimate of drug-likeness (QED) is 0.827. The summed E-state index contributed by atoms with van der Waals surface area (Å²) >= 11 is 0. The zero-order chi connectivity index (χ0) is 16.9. The molecular formula is C19H25N3O2. The molecule has 2 N–H and O–H groups in total. The molecule has 24 heavy (non-hydrogen) atoms. The third-order valence-corrected chi connectivity index (χ3v) is 4.99. The fourth-order valence-electron chi connectivity index (χ4n) is 3.58. The van der Waals surface area contributed by atoms with E-state index in [0.717, 1.165) is 25.1 Å². The fourth-order valence-corrected chi connectivity index (χ4v) is 3.58. The minimum Gasteiger partial charge on any atom is -0.352 e. The highest BCUT2D eigenvalue weighted by Crippen LogP contribution is 2.35. The number of carbonyl (C=O) groups is 2. The van der Waals surface area contributed by atoms with Gasteiger partial charge in [0.05, 0.1) is 12.0 Å². The van der Waals surface area contributed by atoms with Gasteiger partial charge in [0.15, 0.2) is 0 Å². The third-order valence-electron chi connectivity index (χ3n) is 4.99. The smallest absolute Gasteiger partial charge is 0.225 e. The van der Waals surface area contributed by atoms with Crippen LogP contribution in [0.15, 0.2) is 42.0 Å². The van der Waals surface area contributed by atoms with Gasteiger partial charge in [-0.3, -0.25) is 9.59 Å². The standard InChI is InChI=1S/C19H25N3O2/c1-22-17(23)8-7-16(18(22)15-5-3-2-4-6-15)19(24)21-13-14-9-11-20-12-10-14/h2-6,9,16,18,20H,7-8,10-13H2,1H3,(H,21,24). The average molecular weight is 327 g/mol. The van der Waals surface area contributed by atoms with Gasteiger partial charge in [-0.2, -0.15) is 0 Å². The summed E-state index contributed by atoms with van der Waals surface area (Å²) in [7, 11) is 1.80. The molecule has 2 aliphatic heterocycles. The van der Waals surface area contributed by atoms with Crippen molar-refractivity contribution < 1.29 is 9.59 Å². The molecule has 2 aliphatic rings. The lowest BCUT2D eigenvalue weighted by Gasteiger charge is -2.38. The maximum Gasteiger partial charge on any atom is 0.225 e. The number of nitrogens with one attached hydrogen (secondary N) is 2. The Hall–Kier alpha value is -2.14. The molecule has 0 radical (unpaired) electrons. The predicted molar refractivity (Wildman–Crippen MR) is 93.3 cm³/mol. The van der Waals surface area contributed by atoms with Gasteiger partial charge in [0.2, 0.25) is 11.8 Å². The Labute approximate surface area is 143 Å². The molecule has 5 heteroatoms. The first kappa shape index (κ1) is 16.7. The predicted octanol–water partition coefficient (Wildman–Crippen LogP) is 1.63. The molecule has 0 spiro atoms. The highest BCUT2D eigenvalue weighted by molar-refractivity contribution is 5.85. The van der Waals surface area contributed by atoms with E-state index in [9.17, 15) is 9.59 Å². The minimum absolute atomic E-state index is 0.0441. The molecule has 0 saturated carbocycles. The molecule has 0 aliphatic carbocycles. The normalized spacial score (nSPS) is 24.5. The van der Waals surface area contributed by atoms with E-state index < -0.39 is 0 Å². The largest absolute Gasteiger partial charge is 0.352 e. The molecule has 0 aromatic heterocycles. The van der Waals surface area contributed by atoms with Crippen molar-refractivity contribution in [1.29, 1.82) is 0 Å². The molecule has 5 nitrogen and oxygen atoms in total. The molecule has 1 fully saturated rings. The molecule has 2 unspecified atom stereocenters. The zero-order valence-electron chi connectivity index (χ0n) is 14.1. The molecule has 1 aromatic carbocycles. The summed E-state index contributed by atoms with van der Waals surface area (Å²) in [5.74, 6) is -0.0472. The number of rotatable bonds is 4. The summed E-state index contributed by atoms with van der Waals surface area (Å²) < 4.78 is 0. The first-order chi connectivity index (χ1) is 11.7. The molecule has 1 saturated heterocycles. The van der Waals surface area contributed by atoms with Crippen molar-refractivity contribution in [2.45, 2.75) is 25.3 Å². The van der Waals surface area contributed by atoms with E-state index in [-0.39, 0.29) is 23.8 Å². The van der Waals surface area contributed by atoms with Gasteiger partial charge in [-0.1, -0.05) is 42.0 Å². The van der Waals surface area contributed by atoms with Gasteiger partial charge in [0.1, 0.15) is 0 Å². The van der Waals surface area contributed by atoms with Crippen LogP contribution >= 0.6 is 0 Å². The monoisotopic (exact) mass is 327 g/mol. The Kier molecular flexibility index (Phi) is 5.30. The summed E-state index contributed by atoms with van der Waals surface area (Å²) in [4.78, 5) is 26.6. The van der Waals surface area contributed by atoms with E-state index in [1.807, 2.05) is 30.3 Å². The Morgan fingerprint density at radius 2 is 2.08 bits per heavy atom. The highest BCUT2D eigenvalue weighted by Gasteiger charge is 2.38. The Morgan fingerprint density at radius 3 is 2.79 bits per heavy atom. The second-order valence-corrected chi connectivity index (χ2v) is 6.54. The number of hydrogen-bond acceptors (Lipinski definition) is 3. The number of piperidine rings is 1. The van der Waals surface area contributed by atoms with Crippen LogP contribution in [-0.2, 0) is 9.59 Å². The Morgan fingerprint density at radius 1 is 1.29 bits per heavy atom. The maximum atomic E-state index is 12.8. The van der Waals surface area contributed by atoms with Gasteiger partial charge < -0.3 is 15.5 Å². The molecule has 2 atom stereocenters. The van der Waals surface area contributed by atoms with Crippen LogP contribution in [0, 0.1) is 5.92 Å². The van der Waals surface area contributed by atoms with Gasteiger partial charge in [0.25, 0.3) is 0 Å². The third kappa shape index (κ3) is 3.67. The van der Waals surface area contributed by atoms with Crippen molar-refractivity contribution in [1.82, 2.24) is 15.5 Å². The number of nitrogens with zero attached hydrogens (tertiary/aromatic N) is 1. The van der Waals surface area contributed by atoms with Crippen molar-refractivity contribution in [3.8, 4) is 0 Å². The van der Waals surface area contributed by atoms with Gasteiger partial charge in [-0.05, 0) is 24.9 Å². The molecular weight excluding hydrogens is 302 g/mol. The van der Waals surface area contributed by atoms with Crippen molar-refractivity contribution in [3.63, 3.8) is 0 Å².